The summed E-state index contributed by atoms with van der Waals surface area (Å²) in [5, 5.41) is 0. The molecular formula is C31H23NO3. The lowest BCUT2D eigenvalue weighted by Gasteiger charge is -2.07. The first-order chi connectivity index (χ1) is 17.0. The smallest absolute Gasteiger partial charge is 0.197 e. The standard InChI is InChI=1S/C31H23NO3/c1-3-32-21(16-26-30(33)24-14-13-19(2)15-25(24)31(26)34)17-29-27(32)18-28(35-29)23-12-8-7-11-22(23)20-9-5-4-6-10-20/h4-18H,3H2,1-2H3/b26-16-. The number of benzene rings is 3. The van der Waals surface area contributed by atoms with Gasteiger partial charge in [-0.2, -0.15) is 0 Å². The third-order valence-corrected chi connectivity index (χ3v) is 6.66. The number of furan rings is 1. The van der Waals surface area contributed by atoms with Gasteiger partial charge in [-0.1, -0.05) is 72.3 Å². The Morgan fingerprint density at radius 2 is 1.49 bits per heavy atom. The number of allylic oxidation sites excluding steroid dienone is 1. The Labute approximate surface area is 203 Å². The van der Waals surface area contributed by atoms with Crippen LogP contribution in [-0.4, -0.2) is 16.1 Å². The molecule has 0 radical (unpaired) electrons. The largest absolute Gasteiger partial charge is 0.454 e. The van der Waals surface area contributed by atoms with Crippen LogP contribution in [0.25, 0.3) is 39.6 Å². The van der Waals surface area contributed by atoms with E-state index in [1.807, 2.05) is 62.4 Å². The van der Waals surface area contributed by atoms with E-state index in [9.17, 15) is 9.59 Å². The maximum atomic E-state index is 13.0. The monoisotopic (exact) mass is 457 g/mol. The van der Waals surface area contributed by atoms with Crippen LogP contribution in [-0.2, 0) is 6.54 Å². The van der Waals surface area contributed by atoms with E-state index < -0.39 is 0 Å². The summed E-state index contributed by atoms with van der Waals surface area (Å²) in [6, 6.07) is 27.8. The van der Waals surface area contributed by atoms with Crippen LogP contribution >= 0.6 is 0 Å². The van der Waals surface area contributed by atoms with E-state index in [0.29, 0.717) is 17.7 Å². The minimum absolute atomic E-state index is 0.204. The quantitative estimate of drug-likeness (QED) is 0.209. The highest BCUT2D eigenvalue weighted by molar-refractivity contribution is 6.41. The second-order valence-electron chi connectivity index (χ2n) is 8.85. The van der Waals surface area contributed by atoms with E-state index in [1.54, 1.807) is 18.2 Å². The van der Waals surface area contributed by atoms with E-state index in [1.165, 1.54) is 0 Å². The summed E-state index contributed by atoms with van der Waals surface area (Å²) in [4.78, 5) is 26.0. The van der Waals surface area contributed by atoms with Gasteiger partial charge < -0.3 is 8.98 Å². The highest BCUT2D eigenvalue weighted by atomic mass is 16.3. The molecule has 4 heteroatoms. The van der Waals surface area contributed by atoms with Gasteiger partial charge in [0.25, 0.3) is 0 Å². The van der Waals surface area contributed by atoms with Gasteiger partial charge in [-0.05, 0) is 37.1 Å². The van der Waals surface area contributed by atoms with Gasteiger partial charge in [0, 0.05) is 41.1 Å². The minimum atomic E-state index is -0.219. The van der Waals surface area contributed by atoms with Crippen LogP contribution in [0, 0.1) is 6.92 Å². The Balaban J connectivity index is 1.44. The van der Waals surface area contributed by atoms with Crippen molar-refractivity contribution in [2.45, 2.75) is 20.4 Å². The normalized spacial score (nSPS) is 14.3. The topological polar surface area (TPSA) is 52.2 Å². The molecule has 1 aliphatic rings. The molecule has 170 valence electrons. The third-order valence-electron chi connectivity index (χ3n) is 6.66. The molecule has 0 bridgehead atoms. The first-order valence-electron chi connectivity index (χ1n) is 11.7. The van der Waals surface area contributed by atoms with Gasteiger partial charge >= 0.3 is 0 Å². The highest BCUT2D eigenvalue weighted by Gasteiger charge is 2.33. The van der Waals surface area contributed by atoms with Crippen molar-refractivity contribution in [2.75, 3.05) is 0 Å². The van der Waals surface area contributed by atoms with E-state index in [2.05, 4.69) is 28.8 Å². The Morgan fingerprint density at radius 1 is 0.771 bits per heavy atom. The number of nitrogens with zero attached hydrogens (tertiary/aromatic N) is 1. The zero-order chi connectivity index (χ0) is 24.1. The van der Waals surface area contributed by atoms with Gasteiger partial charge in [-0.15, -0.1) is 0 Å². The molecular weight excluding hydrogens is 434 g/mol. The van der Waals surface area contributed by atoms with Crippen LogP contribution in [0.15, 0.2) is 94.9 Å². The molecule has 0 spiro atoms. The summed E-state index contributed by atoms with van der Waals surface area (Å²) in [5.74, 6) is 0.348. The molecule has 1 aliphatic carbocycles. The van der Waals surface area contributed by atoms with Crippen molar-refractivity contribution in [2.24, 2.45) is 0 Å². The molecule has 0 amide bonds. The molecule has 3 aromatic carbocycles. The number of aryl methyl sites for hydroxylation is 2. The number of aromatic nitrogens is 1. The second kappa shape index (κ2) is 8.10. The molecule has 6 rings (SSSR count). The average molecular weight is 458 g/mol. The predicted molar refractivity (Wildman–Crippen MR) is 139 cm³/mol. The zero-order valence-corrected chi connectivity index (χ0v) is 19.5. The number of fused-ring (bicyclic) bond motifs is 2. The first kappa shape index (κ1) is 21.1. The number of hydrogen-bond donors (Lipinski definition) is 0. The predicted octanol–water partition coefficient (Wildman–Crippen LogP) is 7.36. The summed E-state index contributed by atoms with van der Waals surface area (Å²) in [6.45, 7) is 4.64. The van der Waals surface area contributed by atoms with Gasteiger partial charge in [-0.25, -0.2) is 0 Å². The third kappa shape index (κ3) is 3.38. The molecule has 0 atom stereocenters. The van der Waals surface area contributed by atoms with Crippen LogP contribution in [0.5, 0.6) is 0 Å². The fraction of sp³-hybridized carbons (Fsp3) is 0.0968. The van der Waals surface area contributed by atoms with Gasteiger partial charge in [0.1, 0.15) is 5.76 Å². The summed E-state index contributed by atoms with van der Waals surface area (Å²) < 4.78 is 8.39. The highest BCUT2D eigenvalue weighted by Crippen LogP contribution is 2.37. The average Bonchev–Trinajstić information content (AvgIpc) is 3.50. The molecule has 0 saturated carbocycles. The number of rotatable bonds is 4. The second-order valence-corrected chi connectivity index (χ2v) is 8.85. The van der Waals surface area contributed by atoms with Crippen molar-refractivity contribution in [3.05, 3.63) is 113 Å². The van der Waals surface area contributed by atoms with Crippen LogP contribution in [0.2, 0.25) is 0 Å². The molecule has 0 N–H and O–H groups in total. The Kier molecular flexibility index (Phi) is 4.89. The summed E-state index contributed by atoms with van der Waals surface area (Å²) in [6.07, 6.45) is 1.70. The lowest BCUT2D eigenvalue weighted by molar-refractivity contribution is 0.0990. The Hall–Kier alpha value is -4.44. The number of carbonyl (C=O) groups is 2. The van der Waals surface area contributed by atoms with Crippen molar-refractivity contribution in [1.82, 2.24) is 4.57 Å². The molecule has 2 aromatic heterocycles. The first-order valence-corrected chi connectivity index (χ1v) is 11.7. The van der Waals surface area contributed by atoms with Crippen molar-refractivity contribution >= 4 is 28.7 Å². The summed E-state index contributed by atoms with van der Waals surface area (Å²) >= 11 is 0. The molecule has 0 unspecified atom stereocenters. The number of Topliss-reactive ketones (excluding diaryl/α,β-unsaturated/α-hetero) is 2. The fourth-order valence-corrected chi connectivity index (χ4v) is 4.95. The maximum absolute atomic E-state index is 13.0. The molecule has 4 nitrogen and oxygen atoms in total. The van der Waals surface area contributed by atoms with E-state index in [4.69, 9.17) is 4.42 Å². The van der Waals surface area contributed by atoms with Crippen molar-refractivity contribution in [1.29, 1.82) is 0 Å². The van der Waals surface area contributed by atoms with Crippen LogP contribution in [0.4, 0.5) is 0 Å². The molecule has 2 heterocycles. The molecule has 0 aliphatic heterocycles. The number of carbonyl (C=O) groups excluding carboxylic acids is 2. The van der Waals surface area contributed by atoms with Crippen molar-refractivity contribution in [3.63, 3.8) is 0 Å². The van der Waals surface area contributed by atoms with E-state index >= 15 is 0 Å². The van der Waals surface area contributed by atoms with Gasteiger partial charge in [0.2, 0.25) is 0 Å². The SMILES string of the molecule is CCn1c(/C=C2/C(=O)c3ccc(C)cc3C2=O)cc2oc(-c3ccccc3-c3ccccc3)cc21. The van der Waals surface area contributed by atoms with Crippen LogP contribution in [0.1, 0.15) is 38.9 Å². The molecule has 0 saturated heterocycles. The minimum Gasteiger partial charge on any atom is -0.454 e. The van der Waals surface area contributed by atoms with Gasteiger partial charge in [0.05, 0.1) is 11.1 Å². The van der Waals surface area contributed by atoms with Gasteiger partial charge in [0.15, 0.2) is 17.1 Å². The van der Waals surface area contributed by atoms with Crippen molar-refractivity contribution in [3.8, 4) is 22.5 Å². The van der Waals surface area contributed by atoms with Crippen LogP contribution < -0.4 is 0 Å². The maximum Gasteiger partial charge on any atom is 0.197 e. The Morgan fingerprint density at radius 3 is 2.26 bits per heavy atom. The lowest BCUT2D eigenvalue weighted by Crippen LogP contribution is -2.03. The number of hydrogen-bond acceptors (Lipinski definition) is 3. The molecule has 35 heavy (non-hydrogen) atoms. The van der Waals surface area contributed by atoms with Crippen molar-refractivity contribution < 1.29 is 14.0 Å². The Bertz CT molecular complexity index is 1660. The van der Waals surface area contributed by atoms with E-state index in [0.717, 1.165) is 44.8 Å². The molecule has 0 fully saturated rings. The number of ketones is 2. The fourth-order valence-electron chi connectivity index (χ4n) is 4.95. The zero-order valence-electron chi connectivity index (χ0n) is 19.5. The van der Waals surface area contributed by atoms with Crippen LogP contribution in [0.3, 0.4) is 0 Å². The molecule has 5 aromatic rings. The lowest BCUT2D eigenvalue weighted by atomic mass is 9.98. The van der Waals surface area contributed by atoms with E-state index in [-0.39, 0.29) is 17.1 Å². The summed E-state index contributed by atoms with van der Waals surface area (Å²) in [7, 11) is 0. The van der Waals surface area contributed by atoms with Gasteiger partial charge in [-0.3, -0.25) is 9.59 Å². The summed E-state index contributed by atoms with van der Waals surface area (Å²) in [5.41, 5.74) is 7.82.